The summed E-state index contributed by atoms with van der Waals surface area (Å²) in [5.41, 5.74) is 5.06. The second-order valence-corrected chi connectivity index (χ2v) is 8.46. The van der Waals surface area contributed by atoms with Gasteiger partial charge in [0.05, 0.1) is 12.0 Å². The highest BCUT2D eigenvalue weighted by atomic mass is 32.2. The second kappa shape index (κ2) is 9.46. The van der Waals surface area contributed by atoms with Crippen LogP contribution in [0.2, 0.25) is 0 Å². The summed E-state index contributed by atoms with van der Waals surface area (Å²) in [4.78, 5) is 9.26. The molecule has 2 aromatic heterocycles. The Morgan fingerprint density at radius 2 is 1.67 bits per heavy atom. The molecule has 4 nitrogen and oxygen atoms in total. The molecule has 0 aliphatic rings. The average Bonchev–Trinajstić information content (AvgIpc) is 3.25. The van der Waals surface area contributed by atoms with E-state index in [4.69, 9.17) is 4.74 Å². The molecule has 0 bridgehead atoms. The fourth-order valence-corrected chi connectivity index (χ4v) is 4.74. The number of ether oxygens (including phenoxy) is 1. The normalized spacial score (nSPS) is 11.1. The van der Waals surface area contributed by atoms with Crippen LogP contribution in [0.15, 0.2) is 96.4 Å². The van der Waals surface area contributed by atoms with E-state index in [-0.39, 0.29) is 5.82 Å². The SMILES string of the molecule is CCOc1ccc(-n2cc(-c3ccccc3)c3c(SCc4ccc(F)cc4)ncnc32)cc1. The predicted octanol–water partition coefficient (Wildman–Crippen LogP) is 6.92. The van der Waals surface area contributed by atoms with E-state index < -0.39 is 0 Å². The van der Waals surface area contributed by atoms with Crippen LogP contribution in [0.4, 0.5) is 4.39 Å². The molecule has 164 valence electrons. The first-order chi connectivity index (χ1) is 16.2. The van der Waals surface area contributed by atoms with Gasteiger partial charge in [-0.1, -0.05) is 42.5 Å². The number of aromatic nitrogens is 3. The molecule has 5 aromatic rings. The van der Waals surface area contributed by atoms with Crippen LogP contribution in [0, 0.1) is 5.82 Å². The van der Waals surface area contributed by atoms with Crippen molar-refractivity contribution in [1.29, 1.82) is 0 Å². The van der Waals surface area contributed by atoms with E-state index in [1.54, 1.807) is 18.1 Å². The van der Waals surface area contributed by atoms with E-state index in [2.05, 4.69) is 32.9 Å². The van der Waals surface area contributed by atoms with Crippen LogP contribution in [0.1, 0.15) is 12.5 Å². The van der Waals surface area contributed by atoms with Gasteiger partial charge in [-0.3, -0.25) is 0 Å². The third-order valence-electron chi connectivity index (χ3n) is 5.35. The minimum absolute atomic E-state index is 0.230. The quantitative estimate of drug-likeness (QED) is 0.197. The molecule has 0 saturated heterocycles. The Balaban J connectivity index is 1.60. The number of thioether (sulfide) groups is 1. The first kappa shape index (κ1) is 21.2. The summed E-state index contributed by atoms with van der Waals surface area (Å²) in [5, 5.41) is 1.90. The van der Waals surface area contributed by atoms with Crippen molar-refractivity contribution in [3.63, 3.8) is 0 Å². The number of hydrogen-bond donors (Lipinski definition) is 0. The number of nitrogens with zero attached hydrogens (tertiary/aromatic N) is 3. The molecule has 5 rings (SSSR count). The summed E-state index contributed by atoms with van der Waals surface area (Å²) >= 11 is 1.63. The van der Waals surface area contributed by atoms with E-state index in [0.29, 0.717) is 12.4 Å². The van der Waals surface area contributed by atoms with Crippen molar-refractivity contribution in [3.05, 3.63) is 103 Å². The first-order valence-electron chi connectivity index (χ1n) is 10.7. The molecule has 0 saturated carbocycles. The zero-order valence-corrected chi connectivity index (χ0v) is 18.9. The number of hydrogen-bond acceptors (Lipinski definition) is 4. The van der Waals surface area contributed by atoms with Gasteiger partial charge in [0.1, 0.15) is 28.6 Å². The zero-order chi connectivity index (χ0) is 22.6. The van der Waals surface area contributed by atoms with Crippen molar-refractivity contribution in [2.24, 2.45) is 0 Å². The van der Waals surface area contributed by atoms with Crippen LogP contribution in [0.3, 0.4) is 0 Å². The van der Waals surface area contributed by atoms with Gasteiger partial charge in [-0.25, -0.2) is 14.4 Å². The van der Waals surface area contributed by atoms with Crippen molar-refractivity contribution in [2.75, 3.05) is 6.61 Å². The summed E-state index contributed by atoms with van der Waals surface area (Å²) in [6.45, 7) is 2.60. The molecule has 3 aromatic carbocycles. The molecule has 0 aliphatic heterocycles. The molecule has 0 N–H and O–H groups in total. The highest BCUT2D eigenvalue weighted by Gasteiger charge is 2.18. The standard InChI is InChI=1S/C27H22FN3OS/c1-2-32-23-14-12-22(13-15-23)31-16-24(20-6-4-3-5-7-20)25-26(31)29-18-30-27(25)33-17-19-8-10-21(28)11-9-19/h3-16,18H,2,17H2,1H3. The first-order valence-corrected chi connectivity index (χ1v) is 11.7. The van der Waals surface area contributed by atoms with Crippen LogP contribution < -0.4 is 4.74 Å². The van der Waals surface area contributed by atoms with E-state index in [1.807, 2.05) is 61.5 Å². The molecule has 6 heteroatoms. The topological polar surface area (TPSA) is 39.9 Å². The number of benzene rings is 3. The van der Waals surface area contributed by atoms with Gasteiger partial charge in [0, 0.05) is 23.2 Å². The smallest absolute Gasteiger partial charge is 0.149 e. The molecule has 0 amide bonds. The van der Waals surface area contributed by atoms with E-state index in [9.17, 15) is 4.39 Å². The fraction of sp³-hybridized carbons (Fsp3) is 0.111. The van der Waals surface area contributed by atoms with Crippen LogP contribution in [-0.4, -0.2) is 21.1 Å². The molecule has 2 heterocycles. The Morgan fingerprint density at radius 1 is 0.909 bits per heavy atom. The molecule has 0 unspecified atom stereocenters. The fourth-order valence-electron chi connectivity index (χ4n) is 3.78. The van der Waals surface area contributed by atoms with Crippen LogP contribution in [-0.2, 0) is 5.75 Å². The summed E-state index contributed by atoms with van der Waals surface area (Å²) in [6, 6.07) is 24.9. The van der Waals surface area contributed by atoms with Crippen molar-refractivity contribution in [3.8, 4) is 22.6 Å². The lowest BCUT2D eigenvalue weighted by atomic mass is 10.1. The highest BCUT2D eigenvalue weighted by Crippen LogP contribution is 2.37. The van der Waals surface area contributed by atoms with Gasteiger partial charge in [-0.2, -0.15) is 0 Å². The third-order valence-corrected chi connectivity index (χ3v) is 6.41. The van der Waals surface area contributed by atoms with Gasteiger partial charge in [-0.05, 0) is 54.4 Å². The molecular weight excluding hydrogens is 433 g/mol. The average molecular weight is 456 g/mol. The Hall–Kier alpha value is -3.64. The Bertz CT molecular complexity index is 1370. The van der Waals surface area contributed by atoms with Crippen LogP contribution in [0.25, 0.3) is 27.8 Å². The largest absolute Gasteiger partial charge is 0.494 e. The lowest BCUT2D eigenvalue weighted by Gasteiger charge is -2.08. The molecule has 0 atom stereocenters. The predicted molar refractivity (Wildman–Crippen MR) is 131 cm³/mol. The minimum atomic E-state index is -0.230. The zero-order valence-electron chi connectivity index (χ0n) is 18.1. The molecule has 0 radical (unpaired) electrons. The Kier molecular flexibility index (Phi) is 6.09. The Labute approximate surface area is 196 Å². The van der Waals surface area contributed by atoms with Gasteiger partial charge in [0.25, 0.3) is 0 Å². The van der Waals surface area contributed by atoms with Gasteiger partial charge in [-0.15, -0.1) is 11.8 Å². The number of halogens is 1. The van der Waals surface area contributed by atoms with Crippen molar-refractivity contribution in [1.82, 2.24) is 14.5 Å². The number of fused-ring (bicyclic) bond motifs is 1. The van der Waals surface area contributed by atoms with Gasteiger partial charge < -0.3 is 9.30 Å². The molecule has 0 spiro atoms. The molecular formula is C27H22FN3OS. The van der Waals surface area contributed by atoms with Crippen LogP contribution in [0.5, 0.6) is 5.75 Å². The highest BCUT2D eigenvalue weighted by molar-refractivity contribution is 7.98. The Morgan fingerprint density at radius 3 is 2.39 bits per heavy atom. The second-order valence-electron chi connectivity index (χ2n) is 7.50. The maximum Gasteiger partial charge on any atom is 0.149 e. The van der Waals surface area contributed by atoms with Gasteiger partial charge >= 0.3 is 0 Å². The van der Waals surface area contributed by atoms with E-state index >= 15 is 0 Å². The lowest BCUT2D eigenvalue weighted by Crippen LogP contribution is -1.96. The van der Waals surface area contributed by atoms with Crippen LogP contribution >= 0.6 is 11.8 Å². The minimum Gasteiger partial charge on any atom is -0.494 e. The third kappa shape index (κ3) is 4.47. The summed E-state index contributed by atoms with van der Waals surface area (Å²) < 4.78 is 21.0. The number of rotatable bonds is 7. The van der Waals surface area contributed by atoms with Crippen molar-refractivity contribution < 1.29 is 9.13 Å². The summed E-state index contributed by atoms with van der Waals surface area (Å²) in [7, 11) is 0. The monoisotopic (exact) mass is 455 g/mol. The molecule has 33 heavy (non-hydrogen) atoms. The maximum absolute atomic E-state index is 13.3. The summed E-state index contributed by atoms with van der Waals surface area (Å²) in [6.07, 6.45) is 3.72. The molecule has 0 fully saturated rings. The summed E-state index contributed by atoms with van der Waals surface area (Å²) in [5.74, 6) is 1.30. The van der Waals surface area contributed by atoms with Crippen molar-refractivity contribution in [2.45, 2.75) is 17.7 Å². The maximum atomic E-state index is 13.3. The van der Waals surface area contributed by atoms with E-state index in [1.165, 1.54) is 12.1 Å². The molecule has 0 aliphatic carbocycles. The lowest BCUT2D eigenvalue weighted by molar-refractivity contribution is 0.340. The van der Waals surface area contributed by atoms with E-state index in [0.717, 1.165) is 44.2 Å². The van der Waals surface area contributed by atoms with Gasteiger partial charge in [0.15, 0.2) is 0 Å². The van der Waals surface area contributed by atoms with Gasteiger partial charge in [0.2, 0.25) is 0 Å². The van der Waals surface area contributed by atoms with Crippen molar-refractivity contribution >= 4 is 22.8 Å².